The molecule has 0 heterocycles. The SMILES string of the molecule is CCCOc1ccc(C(=O)Oc2ccc(/C=N\NC(=O)C(=O)Nc3ccc(Br)cc3)cc2OCC)cc1. The van der Waals surface area contributed by atoms with E-state index in [0.717, 1.165) is 10.9 Å². The Balaban J connectivity index is 1.60. The fourth-order valence-corrected chi connectivity index (χ4v) is 3.23. The number of hydrazone groups is 1. The van der Waals surface area contributed by atoms with Crippen molar-refractivity contribution >= 4 is 45.6 Å². The van der Waals surface area contributed by atoms with Gasteiger partial charge in [0.15, 0.2) is 11.5 Å². The molecular weight excluding hydrogens is 542 g/mol. The first-order valence-corrected chi connectivity index (χ1v) is 12.3. The number of hydrogen-bond acceptors (Lipinski definition) is 7. The summed E-state index contributed by atoms with van der Waals surface area (Å²) in [5.41, 5.74) is 3.56. The van der Waals surface area contributed by atoms with Gasteiger partial charge in [0, 0.05) is 10.2 Å². The zero-order valence-corrected chi connectivity index (χ0v) is 21.9. The number of esters is 1. The second-order valence-electron chi connectivity index (χ2n) is 7.56. The van der Waals surface area contributed by atoms with Crippen LogP contribution in [0.3, 0.4) is 0 Å². The summed E-state index contributed by atoms with van der Waals surface area (Å²) < 4.78 is 17.5. The van der Waals surface area contributed by atoms with Gasteiger partial charge in [-0.1, -0.05) is 22.9 Å². The van der Waals surface area contributed by atoms with Crippen LogP contribution in [0.2, 0.25) is 0 Å². The predicted molar refractivity (Wildman–Crippen MR) is 143 cm³/mol. The van der Waals surface area contributed by atoms with Gasteiger partial charge in [-0.05, 0) is 85.6 Å². The van der Waals surface area contributed by atoms with E-state index in [1.165, 1.54) is 6.21 Å². The normalized spacial score (nSPS) is 10.6. The van der Waals surface area contributed by atoms with Gasteiger partial charge in [-0.2, -0.15) is 5.10 Å². The zero-order chi connectivity index (χ0) is 26.6. The standard InChI is InChI=1S/C27H26BrN3O6/c1-3-15-36-22-12-6-19(7-13-22)27(34)37-23-14-5-18(16-24(23)35-4-2)17-29-31-26(33)25(32)30-21-10-8-20(28)9-11-21/h5-14,16-17H,3-4,15H2,1-2H3,(H,30,32)(H,31,33)/b29-17-. The molecule has 3 aromatic carbocycles. The van der Waals surface area contributed by atoms with E-state index in [0.29, 0.717) is 41.5 Å². The maximum atomic E-state index is 12.6. The Morgan fingerprint density at radius 1 is 0.892 bits per heavy atom. The quantitative estimate of drug-likeness (QED) is 0.118. The van der Waals surface area contributed by atoms with E-state index in [1.807, 2.05) is 6.92 Å². The van der Waals surface area contributed by atoms with Gasteiger partial charge in [-0.3, -0.25) is 9.59 Å². The second kappa shape index (κ2) is 13.8. The van der Waals surface area contributed by atoms with Crippen molar-refractivity contribution in [1.82, 2.24) is 5.43 Å². The fourth-order valence-electron chi connectivity index (χ4n) is 2.96. The average Bonchev–Trinajstić information content (AvgIpc) is 2.90. The van der Waals surface area contributed by atoms with Crippen LogP contribution in [0.15, 0.2) is 76.3 Å². The Labute approximate surface area is 222 Å². The molecule has 0 saturated carbocycles. The van der Waals surface area contributed by atoms with Gasteiger partial charge in [0.05, 0.1) is 25.0 Å². The lowest BCUT2D eigenvalue weighted by Gasteiger charge is -2.12. The first-order chi connectivity index (χ1) is 17.9. The smallest absolute Gasteiger partial charge is 0.343 e. The minimum Gasteiger partial charge on any atom is -0.494 e. The minimum atomic E-state index is -0.930. The Kier molecular flexibility index (Phi) is 10.2. The summed E-state index contributed by atoms with van der Waals surface area (Å²) in [7, 11) is 0. The van der Waals surface area contributed by atoms with Crippen molar-refractivity contribution in [2.45, 2.75) is 20.3 Å². The lowest BCUT2D eigenvalue weighted by molar-refractivity contribution is -0.136. The van der Waals surface area contributed by atoms with E-state index in [1.54, 1.807) is 73.7 Å². The van der Waals surface area contributed by atoms with Crippen molar-refractivity contribution in [3.63, 3.8) is 0 Å². The fraction of sp³-hybridized carbons (Fsp3) is 0.185. The first kappa shape index (κ1) is 27.4. The number of carbonyl (C=O) groups is 3. The molecule has 0 radical (unpaired) electrons. The maximum absolute atomic E-state index is 12.6. The number of amides is 2. The van der Waals surface area contributed by atoms with Crippen LogP contribution in [0.4, 0.5) is 5.69 Å². The van der Waals surface area contributed by atoms with E-state index in [2.05, 4.69) is 31.8 Å². The molecular formula is C27H26BrN3O6. The van der Waals surface area contributed by atoms with E-state index in [-0.39, 0.29) is 5.75 Å². The summed E-state index contributed by atoms with van der Waals surface area (Å²) in [6, 6.07) is 18.3. The van der Waals surface area contributed by atoms with Crippen molar-refractivity contribution in [2.75, 3.05) is 18.5 Å². The maximum Gasteiger partial charge on any atom is 0.343 e. The molecule has 0 atom stereocenters. The number of halogens is 1. The summed E-state index contributed by atoms with van der Waals surface area (Å²) in [5, 5.41) is 6.29. The highest BCUT2D eigenvalue weighted by atomic mass is 79.9. The van der Waals surface area contributed by atoms with Crippen molar-refractivity contribution < 1.29 is 28.6 Å². The number of nitrogens with zero attached hydrogens (tertiary/aromatic N) is 1. The van der Waals surface area contributed by atoms with Crippen LogP contribution in [-0.4, -0.2) is 37.2 Å². The van der Waals surface area contributed by atoms with Crippen LogP contribution in [0, 0.1) is 0 Å². The molecule has 10 heteroatoms. The lowest BCUT2D eigenvalue weighted by atomic mass is 10.2. The first-order valence-electron chi connectivity index (χ1n) is 11.5. The highest BCUT2D eigenvalue weighted by molar-refractivity contribution is 9.10. The molecule has 3 aromatic rings. The molecule has 0 aliphatic carbocycles. The molecule has 0 saturated heterocycles. The topological polar surface area (TPSA) is 115 Å². The third kappa shape index (κ3) is 8.46. The predicted octanol–water partition coefficient (Wildman–Crippen LogP) is 4.94. The molecule has 0 aliphatic rings. The number of rotatable bonds is 10. The summed E-state index contributed by atoms with van der Waals surface area (Å²) in [4.78, 5) is 36.7. The summed E-state index contributed by atoms with van der Waals surface area (Å²) >= 11 is 3.30. The number of anilines is 1. The summed E-state index contributed by atoms with van der Waals surface area (Å²) in [6.07, 6.45) is 2.23. The van der Waals surface area contributed by atoms with Crippen LogP contribution in [0.25, 0.3) is 0 Å². The molecule has 37 heavy (non-hydrogen) atoms. The summed E-state index contributed by atoms with van der Waals surface area (Å²) in [5.74, 6) is -1.11. The Morgan fingerprint density at radius 3 is 2.30 bits per heavy atom. The average molecular weight is 568 g/mol. The number of hydrogen-bond donors (Lipinski definition) is 2. The van der Waals surface area contributed by atoms with Crippen molar-refractivity contribution in [3.8, 4) is 17.2 Å². The highest BCUT2D eigenvalue weighted by Crippen LogP contribution is 2.29. The van der Waals surface area contributed by atoms with Crippen LogP contribution < -0.4 is 25.0 Å². The Bertz CT molecular complexity index is 1260. The molecule has 9 nitrogen and oxygen atoms in total. The molecule has 0 unspecified atom stereocenters. The van der Waals surface area contributed by atoms with Gasteiger partial charge in [0.1, 0.15) is 5.75 Å². The van der Waals surface area contributed by atoms with Crippen LogP contribution in [0.5, 0.6) is 17.2 Å². The molecule has 0 bridgehead atoms. The number of benzene rings is 3. The largest absolute Gasteiger partial charge is 0.494 e. The molecule has 192 valence electrons. The van der Waals surface area contributed by atoms with Crippen LogP contribution >= 0.6 is 15.9 Å². The number of carbonyl (C=O) groups excluding carboxylic acids is 3. The Hall–Kier alpha value is -4.18. The van der Waals surface area contributed by atoms with Gasteiger partial charge in [-0.25, -0.2) is 10.2 Å². The van der Waals surface area contributed by atoms with Crippen molar-refractivity contribution in [1.29, 1.82) is 0 Å². The van der Waals surface area contributed by atoms with E-state index >= 15 is 0 Å². The van der Waals surface area contributed by atoms with E-state index in [4.69, 9.17) is 14.2 Å². The van der Waals surface area contributed by atoms with Gasteiger partial charge < -0.3 is 19.5 Å². The van der Waals surface area contributed by atoms with Crippen molar-refractivity contribution in [3.05, 3.63) is 82.3 Å². The van der Waals surface area contributed by atoms with Gasteiger partial charge in [-0.15, -0.1) is 0 Å². The molecule has 2 amide bonds. The van der Waals surface area contributed by atoms with Crippen LogP contribution in [0.1, 0.15) is 36.2 Å². The van der Waals surface area contributed by atoms with E-state index in [9.17, 15) is 14.4 Å². The van der Waals surface area contributed by atoms with Gasteiger partial charge in [0.25, 0.3) is 0 Å². The Morgan fingerprint density at radius 2 is 1.62 bits per heavy atom. The number of nitrogens with one attached hydrogen (secondary N) is 2. The lowest BCUT2D eigenvalue weighted by Crippen LogP contribution is -2.32. The van der Waals surface area contributed by atoms with Gasteiger partial charge in [0.2, 0.25) is 0 Å². The summed E-state index contributed by atoms with van der Waals surface area (Å²) in [6.45, 7) is 4.74. The van der Waals surface area contributed by atoms with Gasteiger partial charge >= 0.3 is 17.8 Å². The number of ether oxygens (including phenoxy) is 3. The molecule has 2 N–H and O–H groups in total. The zero-order valence-electron chi connectivity index (χ0n) is 20.3. The monoisotopic (exact) mass is 567 g/mol. The molecule has 0 spiro atoms. The third-order valence-electron chi connectivity index (χ3n) is 4.72. The second-order valence-corrected chi connectivity index (χ2v) is 8.48. The third-order valence-corrected chi connectivity index (χ3v) is 5.25. The highest BCUT2D eigenvalue weighted by Gasteiger charge is 2.15. The molecule has 3 rings (SSSR count). The van der Waals surface area contributed by atoms with E-state index < -0.39 is 17.8 Å². The van der Waals surface area contributed by atoms with Crippen molar-refractivity contribution in [2.24, 2.45) is 5.10 Å². The minimum absolute atomic E-state index is 0.230. The van der Waals surface area contributed by atoms with Crippen LogP contribution in [-0.2, 0) is 9.59 Å². The molecule has 0 fully saturated rings. The molecule has 0 aliphatic heterocycles. The molecule has 0 aromatic heterocycles.